The van der Waals surface area contributed by atoms with Crippen molar-refractivity contribution in [3.05, 3.63) is 59.1 Å². The fourth-order valence-corrected chi connectivity index (χ4v) is 3.23. The van der Waals surface area contributed by atoms with E-state index in [0.717, 1.165) is 35.7 Å². The Morgan fingerprint density at radius 1 is 1.17 bits per heavy atom. The molecule has 3 heterocycles. The number of amides is 1. The summed E-state index contributed by atoms with van der Waals surface area (Å²) >= 11 is 5.89. The van der Waals surface area contributed by atoms with Crippen LogP contribution in [0.1, 0.15) is 16.1 Å². The molecule has 1 aliphatic rings. The molecular weight excluding hydrogens is 392 g/mol. The Bertz CT molecular complexity index is 1040. The lowest BCUT2D eigenvalue weighted by molar-refractivity contribution is 0.102. The Labute approximate surface area is 172 Å². The zero-order valence-corrected chi connectivity index (χ0v) is 16.6. The summed E-state index contributed by atoms with van der Waals surface area (Å²) in [4.78, 5) is 23.4. The number of aromatic nitrogens is 4. The van der Waals surface area contributed by atoms with E-state index in [1.54, 1.807) is 6.33 Å². The molecule has 148 valence electrons. The highest BCUT2D eigenvalue weighted by atomic mass is 35.5. The second-order valence-electron chi connectivity index (χ2n) is 6.60. The van der Waals surface area contributed by atoms with Crippen molar-refractivity contribution in [1.29, 1.82) is 0 Å². The van der Waals surface area contributed by atoms with Crippen LogP contribution in [0.15, 0.2) is 42.9 Å². The minimum Gasteiger partial charge on any atom is -0.378 e. The monoisotopic (exact) mass is 410 g/mol. The number of hydrogen-bond acceptors (Lipinski definition) is 7. The Hall–Kier alpha value is -3.10. The smallest absolute Gasteiger partial charge is 0.276 e. The van der Waals surface area contributed by atoms with Gasteiger partial charge in [-0.05, 0) is 30.7 Å². The summed E-state index contributed by atoms with van der Waals surface area (Å²) in [5.41, 5.74) is 3.52. The van der Waals surface area contributed by atoms with Gasteiger partial charge in [-0.3, -0.25) is 4.79 Å². The van der Waals surface area contributed by atoms with Gasteiger partial charge in [-0.25, -0.2) is 9.97 Å². The van der Waals surface area contributed by atoms with Gasteiger partial charge in [0.1, 0.15) is 12.1 Å². The summed E-state index contributed by atoms with van der Waals surface area (Å²) in [6, 6.07) is 9.08. The maximum absolute atomic E-state index is 12.4. The lowest BCUT2D eigenvalue weighted by atomic mass is 10.0. The summed E-state index contributed by atoms with van der Waals surface area (Å²) < 4.78 is 5.41. The van der Waals surface area contributed by atoms with Crippen molar-refractivity contribution in [3.63, 3.8) is 0 Å². The molecule has 0 unspecified atom stereocenters. The van der Waals surface area contributed by atoms with Gasteiger partial charge in [0.05, 0.1) is 30.1 Å². The molecule has 1 aromatic carbocycles. The van der Waals surface area contributed by atoms with Gasteiger partial charge in [-0.15, -0.1) is 5.10 Å². The minimum absolute atomic E-state index is 0.149. The topological polar surface area (TPSA) is 93.1 Å². The third kappa shape index (κ3) is 4.49. The first kappa shape index (κ1) is 19.2. The Kier molecular flexibility index (Phi) is 5.64. The number of hydrogen-bond donors (Lipinski definition) is 1. The van der Waals surface area contributed by atoms with Crippen LogP contribution in [-0.2, 0) is 4.74 Å². The predicted octanol–water partition coefficient (Wildman–Crippen LogP) is 2.98. The first-order valence-electron chi connectivity index (χ1n) is 9.15. The van der Waals surface area contributed by atoms with Gasteiger partial charge < -0.3 is 15.0 Å². The van der Waals surface area contributed by atoms with Crippen molar-refractivity contribution in [3.8, 4) is 11.3 Å². The molecule has 1 saturated heterocycles. The molecular formula is C20H19ClN6O2. The van der Waals surface area contributed by atoms with Gasteiger partial charge >= 0.3 is 0 Å². The highest BCUT2D eigenvalue weighted by Crippen LogP contribution is 2.27. The third-order valence-electron chi connectivity index (χ3n) is 4.61. The fourth-order valence-electron chi connectivity index (χ4n) is 3.08. The molecule has 0 aliphatic carbocycles. The SMILES string of the molecule is Cc1ccc(NC(=O)c2cc(Cl)cnn2)cc1-c1cc(N2CCOCC2)ncn1. The van der Waals surface area contributed by atoms with Crippen LogP contribution in [0.4, 0.5) is 11.5 Å². The van der Waals surface area contributed by atoms with E-state index in [1.807, 2.05) is 31.2 Å². The second-order valence-corrected chi connectivity index (χ2v) is 7.04. The number of aryl methyl sites for hydroxylation is 1. The number of ether oxygens (including phenoxy) is 1. The van der Waals surface area contributed by atoms with Crippen LogP contribution < -0.4 is 10.2 Å². The number of morpholine rings is 1. The number of rotatable bonds is 4. The van der Waals surface area contributed by atoms with Gasteiger partial charge in [0.25, 0.3) is 5.91 Å². The third-order valence-corrected chi connectivity index (χ3v) is 4.82. The van der Waals surface area contributed by atoms with E-state index in [-0.39, 0.29) is 11.6 Å². The molecule has 4 rings (SSSR count). The van der Waals surface area contributed by atoms with Crippen molar-refractivity contribution in [2.75, 3.05) is 36.5 Å². The van der Waals surface area contributed by atoms with Crippen LogP contribution in [0.5, 0.6) is 0 Å². The average Bonchev–Trinajstić information content (AvgIpc) is 2.76. The van der Waals surface area contributed by atoms with Crippen molar-refractivity contribution < 1.29 is 9.53 Å². The summed E-state index contributed by atoms with van der Waals surface area (Å²) in [5.74, 6) is 0.479. The van der Waals surface area contributed by atoms with Crippen LogP contribution in [0, 0.1) is 6.92 Å². The highest BCUT2D eigenvalue weighted by Gasteiger charge is 2.15. The number of nitrogens with one attached hydrogen (secondary N) is 1. The van der Waals surface area contributed by atoms with E-state index < -0.39 is 0 Å². The quantitative estimate of drug-likeness (QED) is 0.706. The first-order chi connectivity index (χ1) is 14.1. The fraction of sp³-hybridized carbons (Fsp3) is 0.250. The Morgan fingerprint density at radius 3 is 2.79 bits per heavy atom. The van der Waals surface area contributed by atoms with E-state index in [2.05, 4.69) is 30.4 Å². The van der Waals surface area contributed by atoms with E-state index in [9.17, 15) is 4.79 Å². The molecule has 0 atom stereocenters. The predicted molar refractivity (Wildman–Crippen MR) is 110 cm³/mol. The van der Waals surface area contributed by atoms with Crippen LogP contribution in [0.2, 0.25) is 5.02 Å². The molecule has 2 aromatic heterocycles. The second kappa shape index (κ2) is 8.50. The Balaban J connectivity index is 1.59. The molecule has 1 fully saturated rings. The van der Waals surface area contributed by atoms with Crippen molar-refractivity contribution in [2.24, 2.45) is 0 Å². The van der Waals surface area contributed by atoms with Crippen molar-refractivity contribution in [2.45, 2.75) is 6.92 Å². The van der Waals surface area contributed by atoms with Crippen LogP contribution in [-0.4, -0.2) is 52.4 Å². The van der Waals surface area contributed by atoms with Gasteiger partial charge in [0.15, 0.2) is 5.69 Å². The Morgan fingerprint density at radius 2 is 2.00 bits per heavy atom. The standard InChI is InChI=1S/C20H19ClN6O2/c1-13-2-3-15(25-20(28)18-8-14(21)11-24-26-18)9-16(13)17-10-19(23-12-22-17)27-4-6-29-7-5-27/h2-3,8-12H,4-7H2,1H3,(H,25,28). The largest absolute Gasteiger partial charge is 0.378 e. The lowest BCUT2D eigenvalue weighted by Crippen LogP contribution is -2.36. The summed E-state index contributed by atoms with van der Waals surface area (Å²) in [7, 11) is 0. The van der Waals surface area contributed by atoms with Gasteiger partial charge in [0.2, 0.25) is 0 Å². The van der Waals surface area contributed by atoms with E-state index in [4.69, 9.17) is 16.3 Å². The van der Waals surface area contributed by atoms with E-state index >= 15 is 0 Å². The zero-order valence-electron chi connectivity index (χ0n) is 15.8. The van der Waals surface area contributed by atoms with E-state index in [0.29, 0.717) is 23.9 Å². The molecule has 8 nitrogen and oxygen atoms in total. The molecule has 9 heteroatoms. The van der Waals surface area contributed by atoms with Gasteiger partial charge in [-0.2, -0.15) is 5.10 Å². The first-order valence-corrected chi connectivity index (χ1v) is 9.53. The van der Waals surface area contributed by atoms with Crippen molar-refractivity contribution >= 4 is 29.0 Å². The normalized spacial score (nSPS) is 13.9. The minimum atomic E-state index is -0.383. The maximum Gasteiger partial charge on any atom is 0.276 e. The lowest BCUT2D eigenvalue weighted by Gasteiger charge is -2.27. The molecule has 0 saturated carbocycles. The van der Waals surface area contributed by atoms with Crippen molar-refractivity contribution in [1.82, 2.24) is 20.2 Å². The summed E-state index contributed by atoms with van der Waals surface area (Å²) in [6.45, 7) is 4.97. The molecule has 0 bridgehead atoms. The molecule has 0 radical (unpaired) electrons. The number of halogens is 1. The molecule has 29 heavy (non-hydrogen) atoms. The maximum atomic E-state index is 12.4. The molecule has 1 aliphatic heterocycles. The highest BCUT2D eigenvalue weighted by molar-refractivity contribution is 6.30. The van der Waals surface area contributed by atoms with E-state index in [1.165, 1.54) is 12.3 Å². The zero-order chi connectivity index (χ0) is 20.2. The number of nitrogens with zero attached hydrogens (tertiary/aromatic N) is 5. The van der Waals surface area contributed by atoms with Crippen LogP contribution in [0.25, 0.3) is 11.3 Å². The van der Waals surface area contributed by atoms with Crippen LogP contribution in [0.3, 0.4) is 0 Å². The molecule has 0 spiro atoms. The summed E-state index contributed by atoms with van der Waals surface area (Å²) in [6.07, 6.45) is 2.94. The molecule has 1 N–H and O–H groups in total. The molecule has 3 aromatic rings. The van der Waals surface area contributed by atoms with Gasteiger partial charge in [0, 0.05) is 30.4 Å². The van der Waals surface area contributed by atoms with Crippen LogP contribution >= 0.6 is 11.6 Å². The number of carbonyl (C=O) groups is 1. The number of carbonyl (C=O) groups excluding carboxylic acids is 1. The summed E-state index contributed by atoms with van der Waals surface area (Å²) in [5, 5.41) is 10.7. The average molecular weight is 411 g/mol. The number of anilines is 2. The van der Waals surface area contributed by atoms with Gasteiger partial charge in [-0.1, -0.05) is 17.7 Å². The number of benzene rings is 1. The molecule has 1 amide bonds.